The number of nitrogen functional groups attached to an aromatic ring is 1. The number of hydrogen-bond donors (Lipinski definition) is 4. The van der Waals surface area contributed by atoms with Gasteiger partial charge in [0.2, 0.25) is 5.95 Å². The molecule has 1 aromatic carbocycles. The van der Waals surface area contributed by atoms with Gasteiger partial charge in [0, 0.05) is 43.8 Å². The molecule has 1 aromatic heterocycles. The summed E-state index contributed by atoms with van der Waals surface area (Å²) in [6.07, 6.45) is 4.23. The molecule has 156 valence electrons. The Labute approximate surface area is 175 Å². The van der Waals surface area contributed by atoms with Gasteiger partial charge in [0.1, 0.15) is 12.0 Å². The van der Waals surface area contributed by atoms with Crippen LogP contribution < -0.4 is 15.5 Å². The minimum atomic E-state index is -0.737. The van der Waals surface area contributed by atoms with Crippen molar-refractivity contribution in [2.24, 2.45) is 5.92 Å². The Morgan fingerprint density at radius 2 is 1.93 bits per heavy atom. The molecule has 0 saturated carbocycles. The lowest BCUT2D eigenvalue weighted by Gasteiger charge is -2.52. The highest BCUT2D eigenvalue weighted by atomic mass is 35.5. The number of halogens is 1. The summed E-state index contributed by atoms with van der Waals surface area (Å²) >= 11 is 6.07. The third-order valence-corrected chi connectivity index (χ3v) is 6.85. The van der Waals surface area contributed by atoms with Crippen molar-refractivity contribution in [3.05, 3.63) is 34.9 Å². The standard InChI is InChI=1S/C20H27ClN6O2/c21-15-4-1-13(2-5-15)11-17-6-3-14(18(28)29)12-27(17,16-7-9-23-10-8-16)20-24-19(22)25-26-20/h1-2,4-5,14,16-17,23H,3,6-12H2,(H3-,22,24,25,26,28,29)/p+1. The molecule has 4 rings (SSSR count). The van der Waals surface area contributed by atoms with E-state index in [4.69, 9.17) is 17.3 Å². The number of aromatic amines is 1. The summed E-state index contributed by atoms with van der Waals surface area (Å²) < 4.78 is 0.505. The number of nitrogens with one attached hydrogen (secondary N) is 2. The van der Waals surface area contributed by atoms with Gasteiger partial charge in [-0.2, -0.15) is 0 Å². The summed E-state index contributed by atoms with van der Waals surface area (Å²) in [5.74, 6) is -0.245. The zero-order valence-corrected chi connectivity index (χ0v) is 17.1. The SMILES string of the molecule is Nc1n[nH]c([N+]2(C3CCNCC3)CC(C(=O)O)CCC2Cc2ccc(Cl)cc2)n1. The summed E-state index contributed by atoms with van der Waals surface area (Å²) in [4.78, 5) is 16.5. The second-order valence-corrected chi connectivity index (χ2v) is 8.64. The number of nitrogens with zero attached hydrogens (tertiary/aromatic N) is 3. The topological polar surface area (TPSA) is 117 Å². The Hall–Kier alpha value is -2.16. The van der Waals surface area contributed by atoms with Crippen LogP contribution in [0.4, 0.5) is 11.9 Å². The van der Waals surface area contributed by atoms with E-state index in [9.17, 15) is 9.90 Å². The molecule has 8 nitrogen and oxygen atoms in total. The molecule has 3 unspecified atom stereocenters. The van der Waals surface area contributed by atoms with Crippen LogP contribution >= 0.6 is 11.6 Å². The van der Waals surface area contributed by atoms with Crippen molar-refractivity contribution >= 4 is 29.5 Å². The maximum Gasteiger partial charge on any atom is 0.326 e. The number of piperidine rings is 2. The Balaban J connectivity index is 1.77. The van der Waals surface area contributed by atoms with Gasteiger partial charge in [-0.3, -0.25) is 9.28 Å². The molecule has 9 heteroatoms. The maximum absolute atomic E-state index is 12.0. The number of aromatic nitrogens is 3. The lowest BCUT2D eigenvalue weighted by molar-refractivity contribution is -0.144. The molecule has 3 heterocycles. The zero-order chi connectivity index (χ0) is 20.4. The fourth-order valence-corrected chi connectivity index (χ4v) is 5.31. The third-order valence-electron chi connectivity index (χ3n) is 6.60. The third kappa shape index (κ3) is 3.97. The Morgan fingerprint density at radius 3 is 2.55 bits per heavy atom. The second-order valence-electron chi connectivity index (χ2n) is 8.21. The first kappa shape index (κ1) is 20.1. The van der Waals surface area contributed by atoms with Crippen molar-refractivity contribution in [1.29, 1.82) is 0 Å². The predicted molar refractivity (Wildman–Crippen MR) is 113 cm³/mol. The summed E-state index contributed by atoms with van der Waals surface area (Å²) in [5, 5.41) is 21.1. The molecule has 0 radical (unpaired) electrons. The highest BCUT2D eigenvalue weighted by Crippen LogP contribution is 2.40. The quantitative estimate of drug-likeness (QED) is 0.552. The first-order chi connectivity index (χ1) is 14.0. The number of nitrogens with two attached hydrogens (primary N) is 1. The molecular formula is C20H28ClN6O2+. The van der Waals surface area contributed by atoms with E-state index >= 15 is 0 Å². The van der Waals surface area contributed by atoms with Crippen LogP contribution in [0.3, 0.4) is 0 Å². The van der Waals surface area contributed by atoms with Crippen LogP contribution in [0.15, 0.2) is 24.3 Å². The summed E-state index contributed by atoms with van der Waals surface area (Å²) in [6, 6.07) is 8.39. The van der Waals surface area contributed by atoms with Gasteiger partial charge in [-0.25, -0.2) is 5.10 Å². The van der Waals surface area contributed by atoms with Crippen molar-refractivity contribution < 1.29 is 9.90 Å². The van der Waals surface area contributed by atoms with Gasteiger partial charge in [0.15, 0.2) is 0 Å². The molecule has 0 amide bonds. The number of carbonyl (C=O) groups is 1. The van der Waals surface area contributed by atoms with Gasteiger partial charge in [0.05, 0.1) is 12.6 Å². The second kappa shape index (κ2) is 8.30. The Bertz CT molecular complexity index is 851. The summed E-state index contributed by atoms with van der Waals surface area (Å²) in [5.41, 5.74) is 7.07. The normalized spacial score (nSPS) is 28.3. The van der Waals surface area contributed by atoms with Crippen molar-refractivity contribution in [2.45, 2.75) is 44.2 Å². The average molecular weight is 420 g/mol. The molecule has 2 aliphatic heterocycles. The van der Waals surface area contributed by atoms with Gasteiger partial charge in [-0.1, -0.05) is 23.7 Å². The fourth-order valence-electron chi connectivity index (χ4n) is 5.19. The number of carboxylic acids is 1. The number of anilines is 1. The molecule has 0 aliphatic carbocycles. The van der Waals surface area contributed by atoms with Crippen molar-refractivity contribution in [1.82, 2.24) is 25.0 Å². The smallest absolute Gasteiger partial charge is 0.326 e. The highest BCUT2D eigenvalue weighted by molar-refractivity contribution is 6.30. The van der Waals surface area contributed by atoms with Gasteiger partial charge < -0.3 is 16.2 Å². The Kier molecular flexibility index (Phi) is 5.76. The zero-order valence-electron chi connectivity index (χ0n) is 16.4. The number of quaternary nitrogens is 1. The van der Waals surface area contributed by atoms with E-state index in [1.807, 2.05) is 12.1 Å². The van der Waals surface area contributed by atoms with E-state index < -0.39 is 11.9 Å². The first-order valence-electron chi connectivity index (χ1n) is 10.2. The summed E-state index contributed by atoms with van der Waals surface area (Å²) in [7, 11) is 0. The lowest BCUT2D eigenvalue weighted by Crippen LogP contribution is -2.70. The van der Waals surface area contributed by atoms with Crippen molar-refractivity contribution in [2.75, 3.05) is 25.4 Å². The molecule has 2 fully saturated rings. The Morgan fingerprint density at radius 1 is 1.21 bits per heavy atom. The first-order valence-corrected chi connectivity index (χ1v) is 10.6. The lowest BCUT2D eigenvalue weighted by atomic mass is 9.83. The van der Waals surface area contributed by atoms with Crippen LogP contribution in [0.25, 0.3) is 0 Å². The average Bonchev–Trinajstić information content (AvgIpc) is 3.17. The van der Waals surface area contributed by atoms with Crippen LogP contribution in [0.5, 0.6) is 0 Å². The van der Waals surface area contributed by atoms with E-state index in [1.165, 1.54) is 5.56 Å². The number of rotatable bonds is 5. The maximum atomic E-state index is 12.0. The molecule has 2 aliphatic rings. The molecule has 0 spiro atoms. The molecule has 5 N–H and O–H groups in total. The van der Waals surface area contributed by atoms with E-state index in [2.05, 4.69) is 32.6 Å². The predicted octanol–water partition coefficient (Wildman–Crippen LogP) is 2.21. The number of aliphatic carboxylic acids is 1. The minimum Gasteiger partial charge on any atom is -0.481 e. The number of carboxylic acid groups (broad SMARTS) is 1. The minimum absolute atomic E-state index is 0.197. The molecular weight excluding hydrogens is 392 g/mol. The molecule has 3 atom stereocenters. The van der Waals surface area contributed by atoms with E-state index in [0.29, 0.717) is 28.4 Å². The van der Waals surface area contributed by atoms with Crippen LogP contribution in [-0.4, -0.2) is 58.0 Å². The van der Waals surface area contributed by atoms with E-state index in [1.54, 1.807) is 0 Å². The van der Waals surface area contributed by atoms with Gasteiger partial charge in [-0.05, 0) is 24.1 Å². The molecule has 2 saturated heterocycles. The van der Waals surface area contributed by atoms with Gasteiger partial charge >= 0.3 is 11.9 Å². The van der Waals surface area contributed by atoms with Crippen LogP contribution in [-0.2, 0) is 11.2 Å². The molecule has 2 aromatic rings. The van der Waals surface area contributed by atoms with E-state index in [0.717, 1.165) is 38.8 Å². The van der Waals surface area contributed by atoms with Crippen LogP contribution in [0.1, 0.15) is 31.2 Å². The fraction of sp³-hybridized carbons (Fsp3) is 0.550. The number of H-pyrrole nitrogens is 1. The highest BCUT2D eigenvalue weighted by Gasteiger charge is 2.53. The molecule has 0 bridgehead atoms. The van der Waals surface area contributed by atoms with Crippen LogP contribution in [0.2, 0.25) is 5.02 Å². The number of likely N-dealkylation sites (tertiary alicyclic amines) is 1. The monoisotopic (exact) mass is 419 g/mol. The number of benzene rings is 1. The van der Waals surface area contributed by atoms with Crippen molar-refractivity contribution in [3.63, 3.8) is 0 Å². The van der Waals surface area contributed by atoms with E-state index in [-0.39, 0.29) is 18.0 Å². The largest absolute Gasteiger partial charge is 0.481 e. The molecule has 29 heavy (non-hydrogen) atoms. The van der Waals surface area contributed by atoms with Gasteiger partial charge in [0.25, 0.3) is 0 Å². The summed E-state index contributed by atoms with van der Waals surface area (Å²) in [6.45, 7) is 2.34. The van der Waals surface area contributed by atoms with Crippen LogP contribution in [0, 0.1) is 5.92 Å². The van der Waals surface area contributed by atoms with Crippen molar-refractivity contribution in [3.8, 4) is 0 Å². The van der Waals surface area contributed by atoms with Gasteiger partial charge in [-0.15, -0.1) is 10.1 Å². The number of hydrogen-bond acceptors (Lipinski definition) is 5.